The summed E-state index contributed by atoms with van der Waals surface area (Å²) in [5.74, 6) is 0.564. The van der Waals surface area contributed by atoms with Gasteiger partial charge in [-0.05, 0) is 0 Å². The van der Waals surface area contributed by atoms with Gasteiger partial charge in [-0.3, -0.25) is 14.0 Å². The molecule has 7 heteroatoms. The number of aliphatic imine (C=N–C) groups is 1. The number of halogens is 2. The first kappa shape index (κ1) is 23.1. The van der Waals surface area contributed by atoms with E-state index in [2.05, 4.69) is 32.2 Å². The van der Waals surface area contributed by atoms with Crippen LogP contribution < -0.4 is 42.8 Å². The van der Waals surface area contributed by atoms with Crippen molar-refractivity contribution < 1.29 is 33.8 Å². The molecule has 0 spiro atoms. The molecule has 0 atom stereocenters. The Morgan fingerprint density at radius 2 is 1.57 bits per heavy atom. The lowest BCUT2D eigenvalue weighted by atomic mass is 10.2. The minimum atomic E-state index is -0.576. The Hall–Kier alpha value is -0.130. The fourth-order valence-electron chi connectivity index (χ4n) is 1.70. The van der Waals surface area contributed by atoms with Gasteiger partial charge in [0.2, 0.25) is 0 Å². The molecule has 0 aliphatic carbocycles. The maximum Gasteiger partial charge on any atom is 0.150 e. The third-order valence-corrected chi connectivity index (χ3v) is 2.82. The highest BCUT2D eigenvalue weighted by molar-refractivity contribution is 14.0. The van der Waals surface area contributed by atoms with Gasteiger partial charge in [-0.15, -0.1) is 24.0 Å². The fourth-order valence-corrected chi connectivity index (χ4v) is 1.70. The van der Waals surface area contributed by atoms with Crippen molar-refractivity contribution in [3.8, 4) is 5.75 Å². The van der Waals surface area contributed by atoms with E-state index in [4.69, 9.17) is 4.74 Å². The van der Waals surface area contributed by atoms with E-state index in [1.807, 2.05) is 33.3 Å². The molecule has 0 bridgehead atoms. The lowest BCUT2D eigenvalue weighted by molar-refractivity contribution is -0.240. The van der Waals surface area contributed by atoms with Gasteiger partial charge in [0.25, 0.3) is 0 Å². The summed E-state index contributed by atoms with van der Waals surface area (Å²) in [7, 11) is 13.7. The zero-order chi connectivity index (χ0) is 14.8. The Bertz CT molecular complexity index is 492. The van der Waals surface area contributed by atoms with Crippen LogP contribution in [-0.2, 0) is 0 Å². The molecule has 0 aromatic heterocycles. The van der Waals surface area contributed by atoms with Crippen LogP contribution in [0.1, 0.15) is 0 Å². The highest BCUT2D eigenvalue weighted by atomic mass is 127. The standard InChI is InChI=1S/C14H24N3O2.2HI/c1-15-14(18)19-13-10-11(16(2,3)4)8-9-12(13)17(5,6)7;;/h8-10H,1-7H3;2*1H/q+1;;/p-1. The van der Waals surface area contributed by atoms with Gasteiger partial charge in [-0.1, -0.05) is 0 Å². The quantitative estimate of drug-likeness (QED) is 0.209. The smallest absolute Gasteiger partial charge is 0.150 e. The Morgan fingerprint density at radius 3 is 1.95 bits per heavy atom. The van der Waals surface area contributed by atoms with E-state index in [0.29, 0.717) is 14.7 Å². The molecule has 1 aromatic carbocycles. The van der Waals surface area contributed by atoms with E-state index in [-0.39, 0.29) is 48.0 Å². The first-order valence-corrected chi connectivity index (χ1v) is 6.15. The second-order valence-electron chi connectivity index (χ2n) is 6.27. The van der Waals surface area contributed by atoms with E-state index in [1.54, 1.807) is 0 Å². The molecule has 0 unspecified atom stereocenters. The third kappa shape index (κ3) is 6.66. The largest absolute Gasteiger partial charge is 1.00 e. The maximum atomic E-state index is 11.4. The molecule has 0 fully saturated rings. The molecule has 1 rings (SSSR count). The van der Waals surface area contributed by atoms with Gasteiger partial charge in [0.15, 0.2) is 0 Å². The zero-order valence-corrected chi connectivity index (χ0v) is 18.2. The van der Waals surface area contributed by atoms with Gasteiger partial charge < -0.3 is 33.8 Å². The minimum absolute atomic E-state index is 0. The molecule has 21 heavy (non-hydrogen) atoms. The average molecular weight is 521 g/mol. The molecule has 0 radical (unpaired) electrons. The summed E-state index contributed by atoms with van der Waals surface area (Å²) in [5.41, 5.74) is 2.00. The summed E-state index contributed by atoms with van der Waals surface area (Å²) in [6.07, 6.45) is -0.576. The van der Waals surface area contributed by atoms with E-state index in [1.165, 1.54) is 7.05 Å². The Labute approximate surface area is 161 Å². The molecule has 0 saturated heterocycles. The molecular weight excluding hydrogens is 496 g/mol. The summed E-state index contributed by atoms with van der Waals surface area (Å²) >= 11 is 0. The molecular formula is C14H25I2N3O2. The monoisotopic (exact) mass is 521 g/mol. The van der Waals surface area contributed by atoms with Crippen molar-refractivity contribution in [3.05, 3.63) is 18.2 Å². The van der Waals surface area contributed by atoms with Gasteiger partial charge in [0, 0.05) is 25.2 Å². The van der Waals surface area contributed by atoms with Crippen molar-refractivity contribution in [3.63, 3.8) is 0 Å². The van der Waals surface area contributed by atoms with Crippen LogP contribution >= 0.6 is 24.0 Å². The normalized spacial score (nSPS) is 12.2. The summed E-state index contributed by atoms with van der Waals surface area (Å²) in [6, 6.07) is 5.96. The summed E-state index contributed by atoms with van der Waals surface area (Å²) < 4.78 is 6.56. The van der Waals surface area contributed by atoms with Crippen LogP contribution in [0.25, 0.3) is 0 Å². The number of benzene rings is 1. The van der Waals surface area contributed by atoms with Gasteiger partial charge >= 0.3 is 0 Å². The van der Waals surface area contributed by atoms with Crippen LogP contribution in [0.4, 0.5) is 11.4 Å². The van der Waals surface area contributed by atoms with Crippen molar-refractivity contribution in [1.82, 2.24) is 8.97 Å². The van der Waals surface area contributed by atoms with E-state index in [9.17, 15) is 5.11 Å². The van der Waals surface area contributed by atoms with Crippen LogP contribution in [0.2, 0.25) is 0 Å². The number of rotatable bonds is 3. The highest BCUT2D eigenvalue weighted by Crippen LogP contribution is 2.35. The fraction of sp³-hybridized carbons (Fsp3) is 0.500. The van der Waals surface area contributed by atoms with E-state index < -0.39 is 6.08 Å². The Morgan fingerprint density at radius 1 is 1.05 bits per heavy atom. The molecule has 5 nitrogen and oxygen atoms in total. The minimum Gasteiger partial charge on any atom is -1.00 e. The number of hydrogen-bond acceptors (Lipinski definition) is 3. The Balaban J connectivity index is 0. The van der Waals surface area contributed by atoms with Crippen LogP contribution in [0.5, 0.6) is 5.75 Å². The number of ether oxygens (including phenoxy) is 1. The van der Waals surface area contributed by atoms with E-state index in [0.717, 1.165) is 11.4 Å². The number of hydrogen-bond donors (Lipinski definition) is 0. The summed E-state index contributed by atoms with van der Waals surface area (Å²) in [5, 5.41) is 11.4. The van der Waals surface area contributed by atoms with Crippen molar-refractivity contribution in [2.75, 3.05) is 49.3 Å². The molecule has 0 N–H and O–H groups in total. The van der Waals surface area contributed by atoms with Crippen LogP contribution in [-0.4, -0.2) is 55.4 Å². The molecule has 0 aliphatic rings. The molecule has 122 valence electrons. The third-order valence-electron chi connectivity index (χ3n) is 2.82. The van der Waals surface area contributed by atoms with Gasteiger partial charge in [-0.25, -0.2) is 0 Å². The molecule has 0 aliphatic heterocycles. The van der Waals surface area contributed by atoms with Crippen LogP contribution in [0.15, 0.2) is 23.2 Å². The Kier molecular flexibility index (Phi) is 9.35. The first-order chi connectivity index (χ1) is 8.55. The van der Waals surface area contributed by atoms with Crippen molar-refractivity contribution >= 4 is 41.4 Å². The van der Waals surface area contributed by atoms with Gasteiger partial charge in [0.1, 0.15) is 17.5 Å². The number of quaternary nitrogens is 2. The molecule has 0 amide bonds. The second kappa shape index (κ2) is 8.49. The van der Waals surface area contributed by atoms with Crippen molar-refractivity contribution in [1.29, 1.82) is 0 Å². The lowest BCUT2D eigenvalue weighted by Crippen LogP contribution is -3.00. The summed E-state index contributed by atoms with van der Waals surface area (Å²) in [4.78, 5) is 3.53. The van der Waals surface area contributed by atoms with E-state index >= 15 is 0 Å². The SMILES string of the molecule is CN=C([O-])Oc1cc([N+](C)(C)C)ccc1[N+](C)(C)C.I.[I-]. The van der Waals surface area contributed by atoms with Gasteiger partial charge in [0.05, 0.1) is 48.0 Å². The predicted molar refractivity (Wildman–Crippen MR) is 95.0 cm³/mol. The summed E-state index contributed by atoms with van der Waals surface area (Å²) in [6.45, 7) is 0. The lowest BCUT2D eigenvalue weighted by Gasteiger charge is -2.31. The first-order valence-electron chi connectivity index (χ1n) is 6.15. The topological polar surface area (TPSA) is 44.7 Å². The van der Waals surface area contributed by atoms with Crippen LogP contribution in [0.3, 0.4) is 0 Å². The number of nitrogens with zero attached hydrogens (tertiary/aromatic N) is 3. The van der Waals surface area contributed by atoms with Crippen molar-refractivity contribution in [2.45, 2.75) is 0 Å². The van der Waals surface area contributed by atoms with Crippen LogP contribution in [0, 0.1) is 0 Å². The molecule has 1 aromatic rings. The highest BCUT2D eigenvalue weighted by Gasteiger charge is 2.20. The molecule has 0 saturated carbocycles. The average Bonchev–Trinajstić information content (AvgIpc) is 2.26. The zero-order valence-electron chi connectivity index (χ0n) is 13.7. The van der Waals surface area contributed by atoms with Gasteiger partial charge in [-0.2, -0.15) is 0 Å². The second-order valence-corrected chi connectivity index (χ2v) is 6.27. The molecule has 0 heterocycles. The van der Waals surface area contributed by atoms with Crippen molar-refractivity contribution in [2.24, 2.45) is 4.99 Å². The maximum absolute atomic E-state index is 11.4. The predicted octanol–water partition coefficient (Wildman–Crippen LogP) is -1.57.